The molecule has 0 saturated carbocycles. The van der Waals surface area contributed by atoms with Gasteiger partial charge in [0.05, 0.1) is 6.04 Å². The topological polar surface area (TPSA) is 73.8 Å². The van der Waals surface area contributed by atoms with Gasteiger partial charge in [-0.15, -0.1) is 0 Å². The molecule has 1 unspecified atom stereocenters. The molecule has 6 nitrogen and oxygen atoms in total. The molecule has 0 spiro atoms. The maximum absolute atomic E-state index is 12.9. The average Bonchev–Trinajstić information content (AvgIpc) is 3.24. The lowest BCUT2D eigenvalue weighted by atomic mass is 10.1. The summed E-state index contributed by atoms with van der Waals surface area (Å²) in [5.74, 6) is 0.0424. The number of benzene rings is 2. The van der Waals surface area contributed by atoms with E-state index >= 15 is 0 Å². The fourth-order valence-electron chi connectivity index (χ4n) is 3.05. The number of halogens is 1. The Morgan fingerprint density at radius 2 is 2.00 bits per heavy atom. The number of thioether (sulfide) groups is 1. The Kier molecular flexibility index (Phi) is 4.81. The van der Waals surface area contributed by atoms with Crippen LogP contribution in [0.15, 0.2) is 53.5 Å². The Hall–Kier alpha value is -2.87. The number of nitrogens with one attached hydrogen (secondary N) is 2. The highest BCUT2D eigenvalue weighted by atomic mass is 32.2. The second kappa shape index (κ2) is 7.40. The molecule has 0 radical (unpaired) electrons. The molecule has 138 valence electrons. The lowest BCUT2D eigenvalue weighted by molar-refractivity contribution is 0.0967. The van der Waals surface area contributed by atoms with E-state index in [9.17, 15) is 14.0 Å². The van der Waals surface area contributed by atoms with Crippen molar-refractivity contribution in [2.45, 2.75) is 6.04 Å². The first kappa shape index (κ1) is 17.5. The zero-order valence-corrected chi connectivity index (χ0v) is 15.1. The number of fused-ring (bicyclic) bond motifs is 1. The molecule has 2 aliphatic rings. The van der Waals surface area contributed by atoms with Gasteiger partial charge >= 0.3 is 6.03 Å². The van der Waals surface area contributed by atoms with Crippen LogP contribution < -0.4 is 10.6 Å². The van der Waals surface area contributed by atoms with Gasteiger partial charge in [0.2, 0.25) is 0 Å². The summed E-state index contributed by atoms with van der Waals surface area (Å²) < 4.78 is 12.9. The predicted molar refractivity (Wildman–Crippen MR) is 104 cm³/mol. The average molecular weight is 384 g/mol. The van der Waals surface area contributed by atoms with Gasteiger partial charge in [-0.25, -0.2) is 9.18 Å². The Morgan fingerprint density at radius 1 is 1.19 bits per heavy atom. The van der Waals surface area contributed by atoms with Crippen LogP contribution in [-0.4, -0.2) is 40.8 Å². The van der Waals surface area contributed by atoms with Gasteiger partial charge in [0.1, 0.15) is 5.82 Å². The lowest BCUT2D eigenvalue weighted by Crippen LogP contribution is -2.34. The quantitative estimate of drug-likeness (QED) is 0.852. The van der Waals surface area contributed by atoms with Crippen molar-refractivity contribution in [3.05, 3.63) is 65.5 Å². The van der Waals surface area contributed by atoms with Gasteiger partial charge in [-0.3, -0.25) is 15.1 Å². The summed E-state index contributed by atoms with van der Waals surface area (Å²) in [6, 6.07) is 11.8. The number of imide groups is 1. The molecule has 27 heavy (non-hydrogen) atoms. The van der Waals surface area contributed by atoms with Gasteiger partial charge < -0.3 is 10.2 Å². The summed E-state index contributed by atoms with van der Waals surface area (Å²) in [6.45, 7) is 1.87. The normalized spacial score (nSPS) is 18.0. The predicted octanol–water partition coefficient (Wildman–Crippen LogP) is 3.25. The van der Waals surface area contributed by atoms with E-state index in [1.807, 2.05) is 18.2 Å². The maximum atomic E-state index is 12.9. The van der Waals surface area contributed by atoms with Crippen LogP contribution in [0, 0.1) is 5.82 Å². The smallest absolute Gasteiger partial charge is 0.326 e. The van der Waals surface area contributed by atoms with E-state index in [4.69, 9.17) is 4.99 Å². The van der Waals surface area contributed by atoms with E-state index in [-0.39, 0.29) is 11.6 Å². The number of rotatable bonds is 3. The zero-order valence-electron chi connectivity index (χ0n) is 14.3. The number of carbonyl (C=O) groups excluding carboxylic acids is 2. The highest BCUT2D eigenvalue weighted by molar-refractivity contribution is 8.14. The van der Waals surface area contributed by atoms with E-state index in [0.717, 1.165) is 29.6 Å². The number of amides is 3. The molecule has 1 saturated heterocycles. The van der Waals surface area contributed by atoms with Crippen LogP contribution >= 0.6 is 11.8 Å². The molecule has 1 atom stereocenters. The lowest BCUT2D eigenvalue weighted by Gasteiger charge is -2.14. The van der Waals surface area contributed by atoms with Crippen LogP contribution in [0.4, 0.5) is 14.9 Å². The molecule has 0 bridgehead atoms. The van der Waals surface area contributed by atoms with Crippen molar-refractivity contribution in [1.29, 1.82) is 0 Å². The molecular formula is C19H17FN4O2S. The van der Waals surface area contributed by atoms with Crippen molar-refractivity contribution in [2.24, 2.45) is 4.99 Å². The SMILES string of the molecule is O=C(NC(=O)c1ccc(F)cc1)Nc1cccc(C2CN3CCSC3=N2)c1. The summed E-state index contributed by atoms with van der Waals surface area (Å²) in [7, 11) is 0. The third-order valence-corrected chi connectivity index (χ3v) is 5.39. The first-order chi connectivity index (χ1) is 13.1. The minimum absolute atomic E-state index is 0.0541. The molecule has 2 aliphatic heterocycles. The number of nitrogens with zero attached hydrogens (tertiary/aromatic N) is 2. The molecule has 1 fully saturated rings. The largest absolute Gasteiger partial charge is 0.348 e. The van der Waals surface area contributed by atoms with Crippen LogP contribution in [-0.2, 0) is 0 Å². The molecule has 2 aromatic rings. The van der Waals surface area contributed by atoms with Gasteiger partial charge in [0.25, 0.3) is 5.91 Å². The first-order valence-corrected chi connectivity index (χ1v) is 9.50. The van der Waals surface area contributed by atoms with Crippen molar-refractivity contribution >= 4 is 34.6 Å². The molecule has 2 aromatic carbocycles. The van der Waals surface area contributed by atoms with E-state index in [1.165, 1.54) is 24.3 Å². The molecule has 2 heterocycles. The number of anilines is 1. The summed E-state index contributed by atoms with van der Waals surface area (Å²) in [5.41, 5.74) is 1.80. The molecular weight excluding hydrogens is 367 g/mol. The molecule has 0 aliphatic carbocycles. The monoisotopic (exact) mass is 384 g/mol. The van der Waals surface area contributed by atoms with Crippen LogP contribution in [0.1, 0.15) is 22.0 Å². The number of hydrogen-bond acceptors (Lipinski definition) is 5. The van der Waals surface area contributed by atoms with Gasteiger partial charge in [-0.2, -0.15) is 0 Å². The van der Waals surface area contributed by atoms with Crippen molar-refractivity contribution in [1.82, 2.24) is 10.2 Å². The van der Waals surface area contributed by atoms with E-state index < -0.39 is 17.8 Å². The molecule has 8 heteroatoms. The third-order valence-electron chi connectivity index (χ3n) is 4.39. The van der Waals surface area contributed by atoms with Crippen LogP contribution in [0.3, 0.4) is 0 Å². The molecule has 0 aromatic heterocycles. The fourth-order valence-corrected chi connectivity index (χ4v) is 4.09. The second-order valence-electron chi connectivity index (χ2n) is 6.26. The molecule has 3 amide bonds. The number of urea groups is 1. The minimum Gasteiger partial charge on any atom is -0.348 e. The van der Waals surface area contributed by atoms with Crippen molar-refractivity contribution in [3.63, 3.8) is 0 Å². The van der Waals surface area contributed by atoms with Crippen LogP contribution in [0.5, 0.6) is 0 Å². The maximum Gasteiger partial charge on any atom is 0.326 e. The minimum atomic E-state index is -0.643. The van der Waals surface area contributed by atoms with Gasteiger partial charge in [0, 0.05) is 30.1 Å². The zero-order chi connectivity index (χ0) is 18.8. The van der Waals surface area contributed by atoms with Crippen molar-refractivity contribution in [2.75, 3.05) is 24.2 Å². The third kappa shape index (κ3) is 3.95. The molecule has 4 rings (SSSR count). The van der Waals surface area contributed by atoms with Crippen molar-refractivity contribution < 1.29 is 14.0 Å². The summed E-state index contributed by atoms with van der Waals surface area (Å²) >= 11 is 1.77. The Balaban J connectivity index is 1.39. The highest BCUT2D eigenvalue weighted by Gasteiger charge is 2.30. The first-order valence-electron chi connectivity index (χ1n) is 8.52. The van der Waals surface area contributed by atoms with E-state index in [1.54, 1.807) is 17.8 Å². The Morgan fingerprint density at radius 3 is 2.78 bits per heavy atom. The highest BCUT2D eigenvalue weighted by Crippen LogP contribution is 2.32. The second-order valence-corrected chi connectivity index (χ2v) is 7.32. The summed E-state index contributed by atoms with van der Waals surface area (Å²) in [5, 5.41) is 5.98. The number of amidine groups is 1. The molecule has 2 N–H and O–H groups in total. The van der Waals surface area contributed by atoms with Crippen molar-refractivity contribution in [3.8, 4) is 0 Å². The van der Waals surface area contributed by atoms with Crippen LogP contribution in [0.2, 0.25) is 0 Å². The van der Waals surface area contributed by atoms with Gasteiger partial charge in [-0.05, 0) is 42.0 Å². The Bertz CT molecular complexity index is 916. The number of aliphatic imine (C=N–C) groups is 1. The Labute approximate surface area is 159 Å². The standard InChI is InChI=1S/C19H17FN4O2S/c20-14-6-4-12(5-7-14)17(25)23-18(26)21-15-3-1-2-13(10-15)16-11-24-8-9-27-19(24)22-16/h1-7,10,16H,8-9,11H2,(H2,21,23,25,26). The summed E-state index contributed by atoms with van der Waals surface area (Å²) in [6.07, 6.45) is 0. The summed E-state index contributed by atoms with van der Waals surface area (Å²) in [4.78, 5) is 31.1. The van der Waals surface area contributed by atoms with Crippen LogP contribution in [0.25, 0.3) is 0 Å². The number of hydrogen-bond donors (Lipinski definition) is 2. The van der Waals surface area contributed by atoms with E-state index in [0.29, 0.717) is 5.69 Å². The number of carbonyl (C=O) groups is 2. The van der Waals surface area contributed by atoms with Gasteiger partial charge in [0.15, 0.2) is 5.17 Å². The fraction of sp³-hybridized carbons (Fsp3) is 0.211. The van der Waals surface area contributed by atoms with E-state index in [2.05, 4.69) is 15.5 Å². The van der Waals surface area contributed by atoms with Gasteiger partial charge in [-0.1, -0.05) is 23.9 Å².